The van der Waals surface area contributed by atoms with Gasteiger partial charge in [-0.15, -0.1) is 0 Å². The minimum absolute atomic E-state index is 0.459. The van der Waals surface area contributed by atoms with Crippen molar-refractivity contribution >= 4 is 22.5 Å². The first-order valence-electron chi connectivity index (χ1n) is 6.15. The van der Waals surface area contributed by atoms with E-state index in [9.17, 15) is 0 Å². The molecule has 2 aromatic heterocycles. The van der Waals surface area contributed by atoms with Gasteiger partial charge in [-0.3, -0.25) is 4.98 Å². The fourth-order valence-electron chi connectivity index (χ4n) is 2.27. The van der Waals surface area contributed by atoms with Crippen molar-refractivity contribution in [1.82, 2.24) is 9.55 Å². The molecule has 0 atom stereocenters. The number of para-hydroxylation sites is 1. The number of hydrogen-bond acceptors (Lipinski definition) is 2. The average molecular weight is 272 g/mol. The number of fused-ring (bicyclic) bond motifs is 1. The normalized spacial score (nSPS) is 11.1. The van der Waals surface area contributed by atoms with Crippen LogP contribution in [0.5, 0.6) is 0 Å². The number of hydrogen-bond donors (Lipinski definition) is 1. The molecule has 0 bridgehead atoms. The third kappa shape index (κ3) is 2.35. The minimum atomic E-state index is 0.459. The topological polar surface area (TPSA) is 43.8 Å². The van der Waals surface area contributed by atoms with Crippen LogP contribution in [-0.2, 0) is 13.1 Å². The molecule has 3 aromatic rings. The lowest BCUT2D eigenvalue weighted by molar-refractivity contribution is 0.828. The third-order valence-corrected chi connectivity index (χ3v) is 3.48. The quantitative estimate of drug-likeness (QED) is 0.795. The van der Waals surface area contributed by atoms with Crippen LogP contribution in [0.15, 0.2) is 48.8 Å². The molecule has 2 heterocycles. The Morgan fingerprint density at radius 1 is 1.21 bits per heavy atom. The molecule has 2 N–H and O–H groups in total. The van der Waals surface area contributed by atoms with Crippen LogP contribution in [0.25, 0.3) is 10.9 Å². The molecular formula is C15H14ClN3. The van der Waals surface area contributed by atoms with Gasteiger partial charge in [-0.05, 0) is 23.8 Å². The minimum Gasteiger partial charge on any atom is -0.342 e. The molecule has 0 saturated heterocycles. The number of nitrogens with two attached hydrogens (primary N) is 1. The predicted molar refractivity (Wildman–Crippen MR) is 78.2 cm³/mol. The van der Waals surface area contributed by atoms with Crippen molar-refractivity contribution in [2.45, 2.75) is 13.1 Å². The van der Waals surface area contributed by atoms with Gasteiger partial charge >= 0.3 is 0 Å². The first-order chi connectivity index (χ1) is 9.28. The van der Waals surface area contributed by atoms with Crippen LogP contribution >= 0.6 is 11.6 Å². The van der Waals surface area contributed by atoms with Gasteiger partial charge < -0.3 is 10.3 Å². The summed E-state index contributed by atoms with van der Waals surface area (Å²) in [4.78, 5) is 4.21. The van der Waals surface area contributed by atoms with Crippen LogP contribution in [0.1, 0.15) is 11.3 Å². The largest absolute Gasteiger partial charge is 0.342 e. The highest BCUT2D eigenvalue weighted by Crippen LogP contribution is 2.26. The molecule has 0 aliphatic rings. The molecule has 0 fully saturated rings. The highest BCUT2D eigenvalue weighted by molar-refractivity contribution is 6.35. The molecule has 0 radical (unpaired) electrons. The van der Waals surface area contributed by atoms with Crippen LogP contribution in [0.3, 0.4) is 0 Å². The summed E-state index contributed by atoms with van der Waals surface area (Å²) < 4.78 is 2.15. The highest BCUT2D eigenvalue weighted by Gasteiger charge is 2.06. The van der Waals surface area contributed by atoms with Crippen LogP contribution in [-0.4, -0.2) is 9.55 Å². The molecule has 3 nitrogen and oxygen atoms in total. The lowest BCUT2D eigenvalue weighted by atomic mass is 10.2. The molecule has 19 heavy (non-hydrogen) atoms. The Balaban J connectivity index is 2.01. The second-order valence-corrected chi connectivity index (χ2v) is 4.89. The lowest BCUT2D eigenvalue weighted by Gasteiger charge is -2.06. The smallest absolute Gasteiger partial charge is 0.0661 e. The SMILES string of the molecule is NCc1cc(Cn2cc(Cl)c3ccccc32)ccn1. The molecule has 0 spiro atoms. The van der Waals surface area contributed by atoms with E-state index < -0.39 is 0 Å². The van der Waals surface area contributed by atoms with Crippen molar-refractivity contribution in [3.05, 3.63) is 65.1 Å². The summed E-state index contributed by atoms with van der Waals surface area (Å²) >= 11 is 6.25. The molecule has 96 valence electrons. The zero-order valence-electron chi connectivity index (χ0n) is 10.4. The number of benzene rings is 1. The van der Waals surface area contributed by atoms with E-state index in [-0.39, 0.29) is 0 Å². The molecule has 1 aromatic carbocycles. The second-order valence-electron chi connectivity index (χ2n) is 4.48. The number of nitrogens with zero attached hydrogens (tertiary/aromatic N) is 2. The molecule has 4 heteroatoms. The van der Waals surface area contributed by atoms with E-state index in [0.717, 1.165) is 28.2 Å². The van der Waals surface area contributed by atoms with Crippen LogP contribution in [0.4, 0.5) is 0 Å². The summed E-state index contributed by atoms with van der Waals surface area (Å²) in [6.07, 6.45) is 3.76. The molecule has 0 aliphatic carbocycles. The van der Waals surface area contributed by atoms with Crippen molar-refractivity contribution < 1.29 is 0 Å². The van der Waals surface area contributed by atoms with Crippen LogP contribution in [0.2, 0.25) is 5.02 Å². The molecule has 0 unspecified atom stereocenters. The number of rotatable bonds is 3. The summed E-state index contributed by atoms with van der Waals surface area (Å²) in [5.41, 5.74) is 8.83. The van der Waals surface area contributed by atoms with Gasteiger partial charge in [0.1, 0.15) is 0 Å². The maximum Gasteiger partial charge on any atom is 0.0661 e. The van der Waals surface area contributed by atoms with Gasteiger partial charge in [0.2, 0.25) is 0 Å². The summed E-state index contributed by atoms with van der Waals surface area (Å²) in [5, 5.41) is 1.86. The van der Waals surface area contributed by atoms with Crippen LogP contribution in [0, 0.1) is 0 Å². The number of pyridine rings is 1. The first-order valence-corrected chi connectivity index (χ1v) is 6.53. The number of aromatic nitrogens is 2. The summed E-state index contributed by atoms with van der Waals surface area (Å²) in [6, 6.07) is 12.2. The molecular weight excluding hydrogens is 258 g/mol. The maximum absolute atomic E-state index is 6.25. The van der Waals surface area contributed by atoms with Gasteiger partial charge in [0.05, 0.1) is 10.7 Å². The third-order valence-electron chi connectivity index (χ3n) is 3.18. The zero-order chi connectivity index (χ0) is 13.2. The standard InChI is InChI=1S/C15H14ClN3/c16-14-10-19(15-4-2-1-3-13(14)15)9-11-5-6-18-12(7-11)8-17/h1-7,10H,8-9,17H2. The number of halogens is 1. The Labute approximate surface area is 116 Å². The fraction of sp³-hybridized carbons (Fsp3) is 0.133. The van der Waals surface area contributed by atoms with E-state index in [1.807, 2.05) is 36.5 Å². The van der Waals surface area contributed by atoms with Crippen molar-refractivity contribution in [2.75, 3.05) is 0 Å². The Kier molecular flexibility index (Phi) is 3.23. The lowest BCUT2D eigenvalue weighted by Crippen LogP contribution is -2.03. The first kappa shape index (κ1) is 12.2. The molecule has 0 amide bonds. The van der Waals surface area contributed by atoms with Gasteiger partial charge in [-0.1, -0.05) is 29.8 Å². The van der Waals surface area contributed by atoms with Gasteiger partial charge in [-0.25, -0.2) is 0 Å². The zero-order valence-corrected chi connectivity index (χ0v) is 11.1. The van der Waals surface area contributed by atoms with Gasteiger partial charge in [0, 0.05) is 36.4 Å². The van der Waals surface area contributed by atoms with Gasteiger partial charge in [0.15, 0.2) is 0 Å². The van der Waals surface area contributed by atoms with Crippen molar-refractivity contribution in [1.29, 1.82) is 0 Å². The van der Waals surface area contributed by atoms with E-state index in [1.165, 1.54) is 5.56 Å². The Bertz CT molecular complexity index is 718. The Morgan fingerprint density at radius 2 is 2.05 bits per heavy atom. The van der Waals surface area contributed by atoms with E-state index in [1.54, 1.807) is 6.20 Å². The molecule has 0 saturated carbocycles. The summed E-state index contributed by atoms with van der Waals surface area (Å²) in [5.74, 6) is 0. The van der Waals surface area contributed by atoms with Crippen molar-refractivity contribution in [2.24, 2.45) is 5.73 Å². The van der Waals surface area contributed by atoms with E-state index in [0.29, 0.717) is 6.54 Å². The fourth-order valence-corrected chi connectivity index (χ4v) is 2.55. The summed E-state index contributed by atoms with van der Waals surface area (Å²) in [7, 11) is 0. The van der Waals surface area contributed by atoms with E-state index in [2.05, 4.69) is 15.6 Å². The molecule has 0 aliphatic heterocycles. The summed E-state index contributed by atoms with van der Waals surface area (Å²) in [6.45, 7) is 1.23. The van der Waals surface area contributed by atoms with E-state index in [4.69, 9.17) is 17.3 Å². The van der Waals surface area contributed by atoms with Gasteiger partial charge in [-0.2, -0.15) is 0 Å². The van der Waals surface area contributed by atoms with Crippen molar-refractivity contribution in [3.63, 3.8) is 0 Å². The van der Waals surface area contributed by atoms with Crippen LogP contribution < -0.4 is 5.73 Å². The maximum atomic E-state index is 6.25. The second kappa shape index (κ2) is 5.03. The Morgan fingerprint density at radius 3 is 2.89 bits per heavy atom. The highest BCUT2D eigenvalue weighted by atomic mass is 35.5. The molecule has 3 rings (SSSR count). The van der Waals surface area contributed by atoms with Gasteiger partial charge in [0.25, 0.3) is 0 Å². The van der Waals surface area contributed by atoms with Crippen molar-refractivity contribution in [3.8, 4) is 0 Å². The van der Waals surface area contributed by atoms with E-state index >= 15 is 0 Å². The average Bonchev–Trinajstić information content (AvgIpc) is 2.76. The predicted octanol–water partition coefficient (Wildman–Crippen LogP) is 3.20. The Hall–Kier alpha value is -1.84. The monoisotopic (exact) mass is 271 g/mol.